The van der Waals surface area contributed by atoms with Crippen LogP contribution in [-0.2, 0) is 13.2 Å². The van der Waals surface area contributed by atoms with Crippen LogP contribution in [0, 0.1) is 6.92 Å². The van der Waals surface area contributed by atoms with Crippen molar-refractivity contribution >= 4 is 11.6 Å². The molecule has 1 aromatic carbocycles. The highest BCUT2D eigenvalue weighted by Gasteiger charge is 2.36. The van der Waals surface area contributed by atoms with E-state index < -0.39 is 23.2 Å². The molecule has 0 radical (unpaired) electrons. The molecule has 2 aromatic heterocycles. The van der Waals surface area contributed by atoms with Crippen molar-refractivity contribution in [1.29, 1.82) is 0 Å². The number of benzene rings is 1. The van der Waals surface area contributed by atoms with Crippen LogP contribution in [0.25, 0.3) is 11.4 Å². The molecule has 9 heteroatoms. The van der Waals surface area contributed by atoms with E-state index in [2.05, 4.69) is 15.5 Å². The Morgan fingerprint density at radius 1 is 1.28 bits per heavy atom. The van der Waals surface area contributed by atoms with Gasteiger partial charge in [0.15, 0.2) is 0 Å². The molecule has 3 aromatic rings. The summed E-state index contributed by atoms with van der Waals surface area (Å²) in [5.41, 5.74) is -0.547. The van der Waals surface area contributed by atoms with Crippen LogP contribution >= 0.6 is 0 Å². The minimum Gasteiger partial charge on any atom is -0.356 e. The number of aromatic nitrogens is 3. The van der Waals surface area contributed by atoms with Crippen molar-refractivity contribution in [2.75, 3.05) is 5.32 Å². The molecule has 1 amide bonds. The standard InChI is InChI=1S/C16H13F3N4O2/c1-9-20-14(22-25-9)10-4-3-5-11(6-10)21-15(24)12-7-23(2)8-13(12)16(17,18)19/h3-8H,1-2H3,(H,21,24). The Hall–Kier alpha value is -3.10. The van der Waals surface area contributed by atoms with Gasteiger partial charge in [-0.2, -0.15) is 18.2 Å². The first-order valence-electron chi connectivity index (χ1n) is 7.19. The van der Waals surface area contributed by atoms with Crippen LogP contribution in [-0.4, -0.2) is 20.6 Å². The zero-order valence-corrected chi connectivity index (χ0v) is 13.3. The number of nitrogens with zero attached hydrogens (tertiary/aromatic N) is 3. The number of halogens is 3. The van der Waals surface area contributed by atoms with E-state index in [1.165, 1.54) is 11.6 Å². The highest BCUT2D eigenvalue weighted by molar-refractivity contribution is 6.05. The van der Waals surface area contributed by atoms with Gasteiger partial charge in [0.2, 0.25) is 11.7 Å². The molecule has 1 N–H and O–H groups in total. The van der Waals surface area contributed by atoms with E-state index >= 15 is 0 Å². The maximum Gasteiger partial charge on any atom is 0.418 e. The summed E-state index contributed by atoms with van der Waals surface area (Å²) in [5.74, 6) is -0.151. The van der Waals surface area contributed by atoms with Gasteiger partial charge >= 0.3 is 6.18 Å². The Morgan fingerprint density at radius 2 is 2.04 bits per heavy atom. The van der Waals surface area contributed by atoms with Crippen molar-refractivity contribution < 1.29 is 22.5 Å². The number of carbonyl (C=O) groups is 1. The highest BCUT2D eigenvalue weighted by Crippen LogP contribution is 2.33. The molecular formula is C16H13F3N4O2. The highest BCUT2D eigenvalue weighted by atomic mass is 19.4. The number of amides is 1. The van der Waals surface area contributed by atoms with E-state index in [9.17, 15) is 18.0 Å². The number of aryl methyl sites for hydroxylation is 2. The van der Waals surface area contributed by atoms with E-state index in [0.717, 1.165) is 12.4 Å². The largest absolute Gasteiger partial charge is 0.418 e. The zero-order chi connectivity index (χ0) is 18.2. The summed E-state index contributed by atoms with van der Waals surface area (Å²) in [7, 11) is 1.42. The van der Waals surface area contributed by atoms with Crippen LogP contribution < -0.4 is 5.32 Å². The normalized spacial score (nSPS) is 11.6. The van der Waals surface area contributed by atoms with Gasteiger partial charge in [0.25, 0.3) is 5.91 Å². The van der Waals surface area contributed by atoms with Crippen molar-refractivity contribution in [3.05, 3.63) is 53.7 Å². The summed E-state index contributed by atoms with van der Waals surface area (Å²) in [6.07, 6.45) is -2.62. The molecule has 0 atom stereocenters. The average Bonchev–Trinajstić information content (AvgIpc) is 3.13. The summed E-state index contributed by atoms with van der Waals surface area (Å²) in [5, 5.41) is 6.23. The molecule has 2 heterocycles. The second kappa shape index (κ2) is 6.08. The molecule has 0 bridgehead atoms. The van der Waals surface area contributed by atoms with Gasteiger partial charge in [0.1, 0.15) is 0 Å². The molecule has 130 valence electrons. The van der Waals surface area contributed by atoms with Gasteiger partial charge in [-0.05, 0) is 12.1 Å². The van der Waals surface area contributed by atoms with Crippen LogP contribution in [0.2, 0.25) is 0 Å². The van der Waals surface area contributed by atoms with Crippen molar-refractivity contribution in [3.63, 3.8) is 0 Å². The lowest BCUT2D eigenvalue weighted by Crippen LogP contribution is -2.16. The SMILES string of the molecule is Cc1nc(-c2cccc(NC(=O)c3cn(C)cc3C(F)(F)F)c2)no1. The van der Waals surface area contributed by atoms with Gasteiger partial charge in [-0.3, -0.25) is 4.79 Å². The molecule has 0 aliphatic heterocycles. The monoisotopic (exact) mass is 350 g/mol. The molecule has 0 spiro atoms. The van der Waals surface area contributed by atoms with E-state index in [1.54, 1.807) is 31.2 Å². The average molecular weight is 350 g/mol. The predicted octanol–water partition coefficient (Wildman–Crippen LogP) is 3.65. The molecular weight excluding hydrogens is 337 g/mol. The lowest BCUT2D eigenvalue weighted by Gasteiger charge is -2.09. The van der Waals surface area contributed by atoms with Crippen LogP contribution in [0.1, 0.15) is 21.8 Å². The fourth-order valence-electron chi connectivity index (χ4n) is 2.34. The molecule has 0 aliphatic carbocycles. The van der Waals surface area contributed by atoms with E-state index in [4.69, 9.17) is 4.52 Å². The van der Waals surface area contributed by atoms with Gasteiger partial charge in [-0.1, -0.05) is 17.3 Å². The quantitative estimate of drug-likeness (QED) is 0.782. The number of hydrogen-bond donors (Lipinski definition) is 1. The Morgan fingerprint density at radius 3 is 2.68 bits per heavy atom. The summed E-state index contributed by atoms with van der Waals surface area (Å²) in [4.78, 5) is 16.3. The summed E-state index contributed by atoms with van der Waals surface area (Å²) < 4.78 is 45.2. The number of rotatable bonds is 3. The predicted molar refractivity (Wildman–Crippen MR) is 82.8 cm³/mol. The van der Waals surface area contributed by atoms with Gasteiger partial charge in [0.05, 0.1) is 11.1 Å². The second-order valence-corrected chi connectivity index (χ2v) is 5.42. The number of carbonyl (C=O) groups excluding carboxylic acids is 1. The Labute approximate surface area is 140 Å². The van der Waals surface area contributed by atoms with Crippen LogP contribution in [0.5, 0.6) is 0 Å². The summed E-state index contributed by atoms with van der Waals surface area (Å²) in [6.45, 7) is 1.64. The zero-order valence-electron chi connectivity index (χ0n) is 13.3. The van der Waals surface area contributed by atoms with Crippen molar-refractivity contribution in [2.24, 2.45) is 7.05 Å². The van der Waals surface area contributed by atoms with Crippen LogP contribution in [0.15, 0.2) is 41.2 Å². The summed E-state index contributed by atoms with van der Waals surface area (Å²) >= 11 is 0. The van der Waals surface area contributed by atoms with Crippen LogP contribution in [0.4, 0.5) is 18.9 Å². The first kappa shape index (κ1) is 16.7. The minimum absolute atomic E-state index is 0.321. The molecule has 0 unspecified atom stereocenters. The lowest BCUT2D eigenvalue weighted by molar-refractivity contribution is -0.137. The molecule has 0 aliphatic rings. The lowest BCUT2D eigenvalue weighted by atomic mass is 10.1. The third-order valence-corrected chi connectivity index (χ3v) is 3.41. The van der Waals surface area contributed by atoms with Gasteiger partial charge < -0.3 is 14.4 Å². The minimum atomic E-state index is -4.61. The fraction of sp³-hybridized carbons (Fsp3) is 0.188. The van der Waals surface area contributed by atoms with Gasteiger partial charge in [-0.15, -0.1) is 0 Å². The topological polar surface area (TPSA) is 73.0 Å². The van der Waals surface area contributed by atoms with Gasteiger partial charge in [-0.25, -0.2) is 0 Å². The van der Waals surface area contributed by atoms with Gasteiger partial charge in [0, 0.05) is 37.6 Å². The first-order valence-corrected chi connectivity index (χ1v) is 7.19. The third-order valence-electron chi connectivity index (χ3n) is 3.41. The van der Waals surface area contributed by atoms with E-state index in [1.807, 2.05) is 0 Å². The second-order valence-electron chi connectivity index (χ2n) is 5.42. The maximum atomic E-state index is 13.0. The van der Waals surface area contributed by atoms with Crippen molar-refractivity contribution in [1.82, 2.24) is 14.7 Å². The van der Waals surface area contributed by atoms with E-state index in [0.29, 0.717) is 23.0 Å². The number of alkyl halides is 3. The number of hydrogen-bond acceptors (Lipinski definition) is 4. The number of nitrogens with one attached hydrogen (secondary N) is 1. The Kier molecular flexibility index (Phi) is 4.07. The third kappa shape index (κ3) is 3.54. The molecule has 6 nitrogen and oxygen atoms in total. The molecule has 0 fully saturated rings. The molecule has 0 saturated heterocycles. The van der Waals surface area contributed by atoms with Crippen molar-refractivity contribution in [2.45, 2.75) is 13.1 Å². The van der Waals surface area contributed by atoms with E-state index in [-0.39, 0.29) is 0 Å². The molecule has 3 rings (SSSR count). The number of anilines is 1. The van der Waals surface area contributed by atoms with Crippen LogP contribution in [0.3, 0.4) is 0 Å². The van der Waals surface area contributed by atoms with Crippen molar-refractivity contribution in [3.8, 4) is 11.4 Å². The molecule has 25 heavy (non-hydrogen) atoms. The Bertz CT molecular complexity index is 928. The molecule has 0 saturated carbocycles. The first-order chi connectivity index (χ1) is 11.7. The maximum absolute atomic E-state index is 13.0. The smallest absolute Gasteiger partial charge is 0.356 e. The Balaban J connectivity index is 1.87. The fourth-order valence-corrected chi connectivity index (χ4v) is 2.34. The summed E-state index contributed by atoms with van der Waals surface area (Å²) in [6, 6.07) is 6.44.